The van der Waals surface area contributed by atoms with Crippen molar-refractivity contribution in [3.8, 4) is 23.0 Å². The summed E-state index contributed by atoms with van der Waals surface area (Å²) in [5.41, 5.74) is 8.87. The van der Waals surface area contributed by atoms with E-state index >= 15 is 0 Å². The van der Waals surface area contributed by atoms with Gasteiger partial charge in [-0.25, -0.2) is 4.68 Å². The molecule has 3 N–H and O–H groups in total. The van der Waals surface area contributed by atoms with Crippen molar-refractivity contribution in [1.82, 2.24) is 15.0 Å². The minimum absolute atomic E-state index is 0.0864. The maximum Gasteiger partial charge on any atom is 0.129 e. The molecule has 0 unspecified atom stereocenters. The molecule has 0 radical (unpaired) electrons. The number of benzene rings is 2. The quantitative estimate of drug-likeness (QED) is 0.274. The SMILES string of the molecule is CC(C)(C)c1cc(CO)c(O)c(Cc2cn(Cc3cc(C(C)(C)C)cc(CC#C[Si](C)(C)C)c3O)nn2)c1. The van der Waals surface area contributed by atoms with Crippen LogP contribution in [0.2, 0.25) is 19.6 Å². The highest BCUT2D eigenvalue weighted by Gasteiger charge is 2.21. The number of rotatable bonds is 6. The molecule has 1 aromatic heterocycles. The number of hydrogen-bond donors (Lipinski definition) is 3. The molecule has 6 nitrogen and oxygen atoms in total. The lowest BCUT2D eigenvalue weighted by atomic mass is 9.84. The molecule has 3 rings (SSSR count). The largest absolute Gasteiger partial charge is 0.507 e. The van der Waals surface area contributed by atoms with E-state index < -0.39 is 8.07 Å². The van der Waals surface area contributed by atoms with E-state index in [1.807, 2.05) is 24.4 Å². The second kappa shape index (κ2) is 11.0. The van der Waals surface area contributed by atoms with Crippen molar-refractivity contribution in [2.24, 2.45) is 0 Å². The first kappa shape index (κ1) is 29.5. The Bertz CT molecular complexity index is 1360. The Hall–Kier alpha value is -3.08. The Kier molecular flexibility index (Phi) is 8.50. The summed E-state index contributed by atoms with van der Waals surface area (Å²) in [7, 11) is -1.50. The van der Waals surface area contributed by atoms with Crippen LogP contribution in [0.4, 0.5) is 0 Å². The lowest BCUT2D eigenvalue weighted by Gasteiger charge is -2.22. The molecule has 2 aromatic carbocycles. The van der Waals surface area contributed by atoms with Gasteiger partial charge in [0.25, 0.3) is 0 Å². The van der Waals surface area contributed by atoms with E-state index in [4.69, 9.17) is 0 Å². The monoisotopic (exact) mass is 533 g/mol. The fraction of sp³-hybridized carbons (Fsp3) is 0.484. The Labute approximate surface area is 228 Å². The summed E-state index contributed by atoms with van der Waals surface area (Å²) >= 11 is 0. The second-order valence-electron chi connectivity index (χ2n) is 13.3. The van der Waals surface area contributed by atoms with Crippen LogP contribution < -0.4 is 0 Å². The summed E-state index contributed by atoms with van der Waals surface area (Å²) in [5.74, 6) is 3.63. The summed E-state index contributed by atoms with van der Waals surface area (Å²) in [6.07, 6.45) is 2.73. The van der Waals surface area contributed by atoms with Crippen LogP contribution in [-0.4, -0.2) is 38.4 Å². The Morgan fingerprint density at radius 1 is 0.816 bits per heavy atom. The number of aromatic nitrogens is 3. The van der Waals surface area contributed by atoms with E-state index in [0.717, 1.165) is 22.3 Å². The molecule has 0 aliphatic carbocycles. The van der Waals surface area contributed by atoms with Gasteiger partial charge in [-0.2, -0.15) is 0 Å². The number of nitrogens with zero attached hydrogens (tertiary/aromatic N) is 3. The Morgan fingerprint density at radius 2 is 1.34 bits per heavy atom. The highest BCUT2D eigenvalue weighted by atomic mass is 28.3. The number of phenols is 2. The average Bonchev–Trinajstić information content (AvgIpc) is 3.22. The lowest BCUT2D eigenvalue weighted by Crippen LogP contribution is -2.16. The molecule has 0 fully saturated rings. The number of aromatic hydroxyl groups is 2. The molecule has 0 amide bonds. The Balaban J connectivity index is 1.92. The van der Waals surface area contributed by atoms with E-state index in [1.165, 1.54) is 0 Å². The zero-order valence-electron chi connectivity index (χ0n) is 24.4. The van der Waals surface area contributed by atoms with Crippen molar-refractivity contribution in [3.63, 3.8) is 0 Å². The van der Waals surface area contributed by atoms with Gasteiger partial charge in [0.2, 0.25) is 0 Å². The minimum atomic E-state index is -1.50. The van der Waals surface area contributed by atoms with Gasteiger partial charge in [0, 0.05) is 41.3 Å². The van der Waals surface area contributed by atoms with Crippen molar-refractivity contribution < 1.29 is 15.3 Å². The van der Waals surface area contributed by atoms with Crippen LogP contribution in [-0.2, 0) is 36.8 Å². The van der Waals surface area contributed by atoms with Gasteiger partial charge in [-0.15, -0.1) is 16.6 Å². The fourth-order valence-corrected chi connectivity index (χ4v) is 4.79. The molecule has 204 valence electrons. The zero-order valence-corrected chi connectivity index (χ0v) is 25.4. The molecular formula is C31H43N3O3Si. The first-order valence-corrected chi connectivity index (χ1v) is 16.7. The number of aliphatic hydroxyl groups excluding tert-OH is 1. The van der Waals surface area contributed by atoms with E-state index in [0.29, 0.717) is 36.2 Å². The molecule has 0 bridgehead atoms. The van der Waals surface area contributed by atoms with Gasteiger partial charge < -0.3 is 15.3 Å². The molecule has 0 saturated carbocycles. The van der Waals surface area contributed by atoms with E-state index in [1.54, 1.807) is 4.68 Å². The number of phenolic OH excluding ortho intramolecular Hbond substituents is 1. The van der Waals surface area contributed by atoms with Crippen LogP contribution in [0.25, 0.3) is 0 Å². The smallest absolute Gasteiger partial charge is 0.129 e. The molecule has 0 saturated heterocycles. The van der Waals surface area contributed by atoms with Gasteiger partial charge >= 0.3 is 0 Å². The predicted molar refractivity (Wildman–Crippen MR) is 156 cm³/mol. The summed E-state index contributed by atoms with van der Waals surface area (Å²) in [6, 6.07) is 7.93. The molecule has 1 heterocycles. The minimum Gasteiger partial charge on any atom is -0.507 e. The third-order valence-electron chi connectivity index (χ3n) is 6.47. The highest BCUT2D eigenvalue weighted by Crippen LogP contribution is 2.34. The van der Waals surface area contributed by atoms with Crippen molar-refractivity contribution >= 4 is 8.07 Å². The van der Waals surface area contributed by atoms with Gasteiger partial charge in [0.05, 0.1) is 18.8 Å². The summed E-state index contributed by atoms with van der Waals surface area (Å²) in [6.45, 7) is 19.6. The predicted octanol–water partition coefficient (Wildman–Crippen LogP) is 5.84. The van der Waals surface area contributed by atoms with Gasteiger partial charge in [0.1, 0.15) is 19.6 Å². The summed E-state index contributed by atoms with van der Waals surface area (Å²) < 4.78 is 1.71. The zero-order chi connectivity index (χ0) is 28.5. The van der Waals surface area contributed by atoms with Gasteiger partial charge in [0.15, 0.2) is 0 Å². The van der Waals surface area contributed by atoms with Crippen LogP contribution in [0.15, 0.2) is 30.5 Å². The normalized spacial score (nSPS) is 12.4. The van der Waals surface area contributed by atoms with Crippen LogP contribution in [0.5, 0.6) is 11.5 Å². The highest BCUT2D eigenvalue weighted by molar-refractivity contribution is 6.83. The van der Waals surface area contributed by atoms with Crippen LogP contribution in [0.1, 0.15) is 80.6 Å². The van der Waals surface area contributed by atoms with Crippen molar-refractivity contribution in [1.29, 1.82) is 0 Å². The first-order chi connectivity index (χ1) is 17.5. The molecule has 0 spiro atoms. The van der Waals surface area contributed by atoms with E-state index in [-0.39, 0.29) is 28.9 Å². The molecule has 0 aliphatic heterocycles. The topological polar surface area (TPSA) is 91.4 Å². The fourth-order valence-electron chi connectivity index (χ4n) is 4.17. The lowest BCUT2D eigenvalue weighted by molar-refractivity contribution is 0.275. The van der Waals surface area contributed by atoms with E-state index in [9.17, 15) is 15.3 Å². The molecular weight excluding hydrogens is 490 g/mol. The maximum atomic E-state index is 11.1. The molecule has 0 atom stereocenters. The molecule has 38 heavy (non-hydrogen) atoms. The number of hydrogen-bond acceptors (Lipinski definition) is 5. The van der Waals surface area contributed by atoms with Crippen molar-refractivity contribution in [2.45, 2.75) is 98.0 Å². The van der Waals surface area contributed by atoms with Gasteiger partial charge in [-0.3, -0.25) is 0 Å². The van der Waals surface area contributed by atoms with Crippen LogP contribution in [0, 0.1) is 11.5 Å². The second-order valence-corrected chi connectivity index (χ2v) is 18.0. The Morgan fingerprint density at radius 3 is 1.89 bits per heavy atom. The molecule has 0 aliphatic rings. The van der Waals surface area contributed by atoms with Crippen LogP contribution in [0.3, 0.4) is 0 Å². The molecule has 3 aromatic rings. The summed E-state index contributed by atoms with van der Waals surface area (Å²) in [5, 5.41) is 40.3. The van der Waals surface area contributed by atoms with Gasteiger partial charge in [-0.1, -0.05) is 78.5 Å². The summed E-state index contributed by atoms with van der Waals surface area (Å²) in [4.78, 5) is 0. The van der Waals surface area contributed by atoms with Crippen LogP contribution >= 0.6 is 0 Å². The van der Waals surface area contributed by atoms with Crippen molar-refractivity contribution in [2.75, 3.05) is 0 Å². The third-order valence-corrected chi connectivity index (χ3v) is 7.40. The maximum absolute atomic E-state index is 11.1. The third kappa shape index (κ3) is 7.49. The average molecular weight is 534 g/mol. The molecule has 7 heteroatoms. The number of aliphatic hydroxyl groups is 1. The standard InChI is InChI=1S/C31H43N3O3Si/c1-30(2,3)25-13-21(11-10-12-38(7,8)9)28(36)23(15-25)18-34-19-27(32-33-34)17-22-14-26(31(4,5)6)16-24(20-35)29(22)37/h13-16,19,35-37H,11,17-18,20H2,1-9H3. The van der Waals surface area contributed by atoms with Gasteiger partial charge in [-0.05, 0) is 34.1 Å². The van der Waals surface area contributed by atoms with E-state index in [2.05, 4.69) is 89.0 Å². The first-order valence-electron chi connectivity index (χ1n) is 13.2. The van der Waals surface area contributed by atoms with Crippen molar-refractivity contribution in [3.05, 3.63) is 69.5 Å².